The summed E-state index contributed by atoms with van der Waals surface area (Å²) in [5.41, 5.74) is 7.08. The molecule has 1 aliphatic rings. The van der Waals surface area contributed by atoms with E-state index in [0.717, 1.165) is 34.4 Å². The molecule has 1 aliphatic carbocycles. The van der Waals surface area contributed by atoms with E-state index in [1.54, 1.807) is 0 Å². The second-order valence-corrected chi connectivity index (χ2v) is 8.08. The van der Waals surface area contributed by atoms with E-state index < -0.39 is 0 Å². The molecule has 0 saturated heterocycles. The van der Waals surface area contributed by atoms with Crippen molar-refractivity contribution in [3.8, 4) is 0 Å². The molecule has 138 valence electrons. The normalized spacial score (nSPS) is 13.6. The van der Waals surface area contributed by atoms with E-state index in [-0.39, 0.29) is 24.0 Å². The second-order valence-electron chi connectivity index (χ2n) is 6.29. The molecule has 1 heterocycles. The molecule has 0 aliphatic heterocycles. The third-order valence-electron chi connectivity index (χ3n) is 3.97. The number of primary amides is 1. The number of nitrogens with zero attached hydrogens (tertiary/aromatic N) is 3. The van der Waals surface area contributed by atoms with Gasteiger partial charge in [0.15, 0.2) is 5.16 Å². The molecular weight excluding hydrogens is 418 g/mol. The Morgan fingerprint density at radius 2 is 2.15 bits per heavy atom. The van der Waals surface area contributed by atoms with Crippen LogP contribution in [0.25, 0.3) is 0 Å². The maximum Gasteiger partial charge on any atom is 0.234 e. The number of nitrogens with two attached hydrogens (primary N) is 1. The molecule has 0 atom stereocenters. The minimum atomic E-state index is -0.354. The van der Waals surface area contributed by atoms with Crippen molar-refractivity contribution in [1.29, 1.82) is 0 Å². The number of halogens is 1. The first-order chi connectivity index (χ1) is 12.4. The van der Waals surface area contributed by atoms with Crippen LogP contribution in [0.2, 0.25) is 0 Å². The quantitative estimate of drug-likeness (QED) is 0.617. The van der Waals surface area contributed by atoms with E-state index >= 15 is 0 Å². The summed E-state index contributed by atoms with van der Waals surface area (Å²) in [6.07, 6.45) is 2.86. The summed E-state index contributed by atoms with van der Waals surface area (Å²) in [5, 5.41) is 12.0. The minimum Gasteiger partial charge on any atom is -0.370 e. The molecular formula is C17H20BrN5O2S. The lowest BCUT2D eigenvalue weighted by molar-refractivity contribution is -0.118. The zero-order chi connectivity index (χ0) is 18.7. The Bertz CT molecular complexity index is 835. The molecule has 26 heavy (non-hydrogen) atoms. The van der Waals surface area contributed by atoms with Crippen molar-refractivity contribution in [3.05, 3.63) is 34.1 Å². The van der Waals surface area contributed by atoms with E-state index in [4.69, 9.17) is 5.73 Å². The number of carbonyl (C=O) groups excluding carboxylic acids is 2. The zero-order valence-electron chi connectivity index (χ0n) is 14.4. The SMILES string of the molecule is Cc1ccc(NC(=O)CSc2nnc(CCC(N)=O)n2C2CC2)c(Br)c1. The molecule has 9 heteroatoms. The second kappa shape index (κ2) is 8.22. The van der Waals surface area contributed by atoms with Crippen LogP contribution in [0.3, 0.4) is 0 Å². The van der Waals surface area contributed by atoms with Gasteiger partial charge in [0.2, 0.25) is 11.8 Å². The van der Waals surface area contributed by atoms with Gasteiger partial charge in [-0.05, 0) is 53.4 Å². The Hall–Kier alpha value is -1.87. The molecule has 0 unspecified atom stereocenters. The Morgan fingerprint density at radius 3 is 2.81 bits per heavy atom. The van der Waals surface area contributed by atoms with Crippen LogP contribution in [-0.2, 0) is 16.0 Å². The van der Waals surface area contributed by atoms with Crippen molar-refractivity contribution in [1.82, 2.24) is 14.8 Å². The number of aromatic nitrogens is 3. The number of aryl methyl sites for hydroxylation is 2. The van der Waals surface area contributed by atoms with Crippen molar-refractivity contribution in [2.45, 2.75) is 43.8 Å². The highest BCUT2D eigenvalue weighted by atomic mass is 79.9. The van der Waals surface area contributed by atoms with E-state index in [9.17, 15) is 9.59 Å². The fraction of sp³-hybridized carbons (Fsp3) is 0.412. The molecule has 7 nitrogen and oxygen atoms in total. The van der Waals surface area contributed by atoms with Gasteiger partial charge < -0.3 is 15.6 Å². The maximum atomic E-state index is 12.3. The third kappa shape index (κ3) is 4.85. The Labute approximate surface area is 164 Å². The summed E-state index contributed by atoms with van der Waals surface area (Å²) in [5.74, 6) is 0.535. The van der Waals surface area contributed by atoms with E-state index in [2.05, 4.69) is 31.4 Å². The number of carbonyl (C=O) groups is 2. The number of hydrogen-bond acceptors (Lipinski definition) is 5. The molecule has 1 aromatic heterocycles. The van der Waals surface area contributed by atoms with Gasteiger partial charge >= 0.3 is 0 Å². The van der Waals surface area contributed by atoms with E-state index in [0.29, 0.717) is 17.6 Å². The Morgan fingerprint density at radius 1 is 1.38 bits per heavy atom. The Kier molecular flexibility index (Phi) is 5.98. The average molecular weight is 438 g/mol. The van der Waals surface area contributed by atoms with E-state index in [1.807, 2.05) is 29.7 Å². The van der Waals surface area contributed by atoms with Gasteiger partial charge in [0, 0.05) is 23.4 Å². The lowest BCUT2D eigenvalue weighted by atomic mass is 10.2. The molecule has 1 saturated carbocycles. The van der Waals surface area contributed by atoms with E-state index in [1.165, 1.54) is 11.8 Å². The first-order valence-electron chi connectivity index (χ1n) is 8.35. The van der Waals surface area contributed by atoms with Crippen LogP contribution in [-0.4, -0.2) is 32.3 Å². The van der Waals surface area contributed by atoms with Crippen LogP contribution in [0.15, 0.2) is 27.8 Å². The molecule has 1 aromatic carbocycles. The van der Waals surface area contributed by atoms with Gasteiger partial charge in [0.1, 0.15) is 5.82 Å². The summed E-state index contributed by atoms with van der Waals surface area (Å²) in [7, 11) is 0. The standard InChI is InChI=1S/C17H20BrN5O2S/c1-10-2-5-13(12(18)8-10)20-16(25)9-26-17-22-21-15(7-6-14(19)24)23(17)11-3-4-11/h2,5,8,11H,3-4,6-7,9H2,1H3,(H2,19,24)(H,20,25). The lowest BCUT2D eigenvalue weighted by Crippen LogP contribution is -2.15. The monoisotopic (exact) mass is 437 g/mol. The van der Waals surface area contributed by atoms with Gasteiger partial charge in [-0.3, -0.25) is 9.59 Å². The molecule has 0 spiro atoms. The molecule has 3 rings (SSSR count). The number of thioether (sulfide) groups is 1. The summed E-state index contributed by atoms with van der Waals surface area (Å²) < 4.78 is 2.90. The highest BCUT2D eigenvalue weighted by molar-refractivity contribution is 9.10. The fourth-order valence-corrected chi connectivity index (χ4v) is 3.97. The zero-order valence-corrected chi connectivity index (χ0v) is 16.8. The summed E-state index contributed by atoms with van der Waals surface area (Å²) in [6.45, 7) is 1.99. The van der Waals surface area contributed by atoms with Crippen molar-refractivity contribution >= 4 is 45.2 Å². The van der Waals surface area contributed by atoms with Gasteiger partial charge in [-0.15, -0.1) is 10.2 Å². The van der Waals surface area contributed by atoms with Crippen LogP contribution in [0.1, 0.15) is 36.7 Å². The maximum absolute atomic E-state index is 12.3. The third-order valence-corrected chi connectivity index (χ3v) is 5.57. The molecule has 1 fully saturated rings. The first kappa shape index (κ1) is 18.9. The largest absolute Gasteiger partial charge is 0.370 e. The molecule has 2 amide bonds. The molecule has 0 bridgehead atoms. The molecule has 3 N–H and O–H groups in total. The van der Waals surface area contributed by atoms with Gasteiger partial charge in [0.05, 0.1) is 11.4 Å². The number of hydrogen-bond donors (Lipinski definition) is 2. The Balaban J connectivity index is 1.62. The number of benzene rings is 1. The highest BCUT2D eigenvalue weighted by Gasteiger charge is 2.29. The molecule has 2 aromatic rings. The van der Waals surface area contributed by atoms with Crippen LogP contribution >= 0.6 is 27.7 Å². The predicted octanol–water partition coefficient (Wildman–Crippen LogP) is 2.83. The highest BCUT2D eigenvalue weighted by Crippen LogP contribution is 2.39. The van der Waals surface area contributed by atoms with Crippen LogP contribution < -0.4 is 11.1 Å². The number of amides is 2. The van der Waals surface area contributed by atoms with Crippen LogP contribution in [0, 0.1) is 6.92 Å². The number of anilines is 1. The predicted molar refractivity (Wildman–Crippen MR) is 104 cm³/mol. The van der Waals surface area contributed by atoms with Crippen molar-refractivity contribution in [2.75, 3.05) is 11.1 Å². The van der Waals surface area contributed by atoms with Gasteiger partial charge in [-0.1, -0.05) is 17.8 Å². The first-order valence-corrected chi connectivity index (χ1v) is 10.1. The summed E-state index contributed by atoms with van der Waals surface area (Å²) in [4.78, 5) is 23.3. The number of rotatable bonds is 8. The van der Waals surface area contributed by atoms with Crippen molar-refractivity contribution in [3.63, 3.8) is 0 Å². The smallest absolute Gasteiger partial charge is 0.234 e. The average Bonchev–Trinajstić information content (AvgIpc) is 3.34. The van der Waals surface area contributed by atoms with Crippen LogP contribution in [0.4, 0.5) is 5.69 Å². The van der Waals surface area contributed by atoms with Crippen molar-refractivity contribution in [2.24, 2.45) is 5.73 Å². The summed E-state index contributed by atoms with van der Waals surface area (Å²) >= 11 is 4.81. The molecule has 0 radical (unpaired) electrons. The number of nitrogens with one attached hydrogen (secondary N) is 1. The van der Waals surface area contributed by atoms with Gasteiger partial charge in [-0.2, -0.15) is 0 Å². The van der Waals surface area contributed by atoms with Gasteiger partial charge in [0.25, 0.3) is 0 Å². The topological polar surface area (TPSA) is 103 Å². The summed E-state index contributed by atoms with van der Waals surface area (Å²) in [6, 6.07) is 6.14. The fourth-order valence-electron chi connectivity index (χ4n) is 2.55. The minimum absolute atomic E-state index is 0.108. The lowest BCUT2D eigenvalue weighted by Gasteiger charge is -2.09. The van der Waals surface area contributed by atoms with Crippen molar-refractivity contribution < 1.29 is 9.59 Å². The van der Waals surface area contributed by atoms with Crippen LogP contribution in [0.5, 0.6) is 0 Å². The van der Waals surface area contributed by atoms with Gasteiger partial charge in [-0.25, -0.2) is 0 Å².